The maximum atomic E-state index is 12.9. The molecular formula is C17H12ClF3N4OS. The van der Waals surface area contributed by atoms with Gasteiger partial charge in [0.2, 0.25) is 5.91 Å². The highest BCUT2D eigenvalue weighted by molar-refractivity contribution is 7.13. The number of amides is 1. The number of hydrogen-bond donors (Lipinski definition) is 2. The number of alkyl halides is 3. The van der Waals surface area contributed by atoms with Gasteiger partial charge in [0, 0.05) is 29.1 Å². The van der Waals surface area contributed by atoms with E-state index in [9.17, 15) is 18.0 Å². The normalized spacial score (nSPS) is 11.3. The number of benzene rings is 1. The average molecular weight is 413 g/mol. The monoisotopic (exact) mass is 412 g/mol. The Labute approximate surface area is 161 Å². The van der Waals surface area contributed by atoms with Crippen molar-refractivity contribution in [2.75, 3.05) is 10.6 Å². The Bertz CT molecular complexity index is 947. The first kappa shape index (κ1) is 19.1. The standard InChI is InChI=1S/C17H12ClF3N4OS/c18-14-2-1-11(7-13(14)17(19,20)21)24-16-25-12(9-27-16)8-15(26)23-10-3-5-22-6-4-10/h1-7,9H,8H2,(H,24,25)(H,22,23,26). The fourth-order valence-corrected chi connectivity index (χ4v) is 3.15. The molecule has 3 aromatic rings. The Morgan fingerprint density at radius 1 is 1.15 bits per heavy atom. The van der Waals surface area contributed by atoms with Gasteiger partial charge in [-0.25, -0.2) is 4.98 Å². The lowest BCUT2D eigenvalue weighted by Gasteiger charge is -2.11. The van der Waals surface area contributed by atoms with Crippen molar-refractivity contribution in [3.8, 4) is 0 Å². The largest absolute Gasteiger partial charge is 0.417 e. The molecule has 2 aromatic heterocycles. The topological polar surface area (TPSA) is 66.9 Å². The number of nitrogens with one attached hydrogen (secondary N) is 2. The number of aromatic nitrogens is 2. The van der Waals surface area contributed by atoms with Gasteiger partial charge in [0.1, 0.15) is 0 Å². The summed E-state index contributed by atoms with van der Waals surface area (Å²) in [4.78, 5) is 20.1. The third kappa shape index (κ3) is 5.18. The third-order valence-corrected chi connectivity index (χ3v) is 4.52. The molecule has 0 bridgehead atoms. The van der Waals surface area contributed by atoms with Crippen LogP contribution in [0.25, 0.3) is 0 Å². The van der Waals surface area contributed by atoms with Gasteiger partial charge in [0.25, 0.3) is 0 Å². The molecule has 10 heteroatoms. The van der Waals surface area contributed by atoms with E-state index in [1.807, 2.05) is 0 Å². The quantitative estimate of drug-likeness (QED) is 0.609. The third-order valence-electron chi connectivity index (χ3n) is 3.38. The number of nitrogens with zero attached hydrogens (tertiary/aromatic N) is 2. The maximum absolute atomic E-state index is 12.9. The first-order valence-corrected chi connectivity index (χ1v) is 8.85. The minimum absolute atomic E-state index is 0.0366. The summed E-state index contributed by atoms with van der Waals surface area (Å²) < 4.78 is 38.8. The van der Waals surface area contributed by atoms with Gasteiger partial charge in [-0.3, -0.25) is 9.78 Å². The summed E-state index contributed by atoms with van der Waals surface area (Å²) >= 11 is 6.79. The van der Waals surface area contributed by atoms with Crippen LogP contribution in [0.1, 0.15) is 11.3 Å². The molecule has 0 fully saturated rings. The Hall–Kier alpha value is -2.65. The van der Waals surface area contributed by atoms with Gasteiger partial charge >= 0.3 is 6.18 Å². The fourth-order valence-electron chi connectivity index (χ4n) is 2.19. The van der Waals surface area contributed by atoms with Crippen LogP contribution in [-0.4, -0.2) is 15.9 Å². The van der Waals surface area contributed by atoms with Gasteiger partial charge in [-0.2, -0.15) is 13.2 Å². The number of anilines is 3. The molecule has 0 atom stereocenters. The SMILES string of the molecule is O=C(Cc1csc(Nc2ccc(Cl)c(C(F)(F)F)c2)n1)Nc1ccncc1. The molecule has 0 aliphatic rings. The predicted molar refractivity (Wildman–Crippen MR) is 98.4 cm³/mol. The summed E-state index contributed by atoms with van der Waals surface area (Å²) in [5.41, 5.74) is 0.389. The van der Waals surface area contributed by atoms with Crippen LogP contribution in [0.4, 0.5) is 29.7 Å². The van der Waals surface area contributed by atoms with Crippen LogP contribution in [0.15, 0.2) is 48.1 Å². The molecule has 1 amide bonds. The summed E-state index contributed by atoms with van der Waals surface area (Å²) in [7, 11) is 0. The van der Waals surface area contributed by atoms with Crippen LogP contribution in [-0.2, 0) is 17.4 Å². The summed E-state index contributed by atoms with van der Waals surface area (Å²) in [6.07, 6.45) is -1.40. The van der Waals surface area contributed by atoms with Crippen LogP contribution >= 0.6 is 22.9 Å². The van der Waals surface area contributed by atoms with Crippen LogP contribution in [0, 0.1) is 0 Å². The average Bonchev–Trinajstić information content (AvgIpc) is 3.03. The molecule has 3 rings (SSSR count). The van der Waals surface area contributed by atoms with Crippen molar-refractivity contribution in [1.29, 1.82) is 0 Å². The molecule has 0 saturated carbocycles. The first-order chi connectivity index (χ1) is 12.8. The smallest absolute Gasteiger partial charge is 0.332 e. The van der Waals surface area contributed by atoms with Crippen molar-refractivity contribution >= 4 is 45.4 Å². The Balaban J connectivity index is 1.65. The molecular weight excluding hydrogens is 401 g/mol. The van der Waals surface area contributed by atoms with E-state index < -0.39 is 11.7 Å². The fraction of sp³-hybridized carbons (Fsp3) is 0.118. The van der Waals surface area contributed by atoms with Gasteiger partial charge in [-0.1, -0.05) is 11.6 Å². The molecule has 1 aromatic carbocycles. The van der Waals surface area contributed by atoms with Crippen LogP contribution in [0.2, 0.25) is 5.02 Å². The Kier molecular flexibility index (Phi) is 5.62. The highest BCUT2D eigenvalue weighted by Gasteiger charge is 2.33. The van der Waals surface area contributed by atoms with Crippen LogP contribution < -0.4 is 10.6 Å². The Morgan fingerprint density at radius 3 is 2.59 bits per heavy atom. The first-order valence-electron chi connectivity index (χ1n) is 7.59. The lowest BCUT2D eigenvalue weighted by atomic mass is 10.2. The van der Waals surface area contributed by atoms with Crippen molar-refractivity contribution in [3.63, 3.8) is 0 Å². The molecule has 0 aliphatic heterocycles. The van der Waals surface area contributed by atoms with Gasteiger partial charge in [-0.15, -0.1) is 11.3 Å². The molecule has 0 unspecified atom stereocenters. The zero-order chi connectivity index (χ0) is 19.4. The molecule has 0 radical (unpaired) electrons. The zero-order valence-corrected chi connectivity index (χ0v) is 15.1. The van der Waals surface area contributed by atoms with Crippen molar-refractivity contribution in [1.82, 2.24) is 9.97 Å². The lowest BCUT2D eigenvalue weighted by molar-refractivity contribution is -0.137. The van der Waals surface area contributed by atoms with E-state index in [2.05, 4.69) is 20.6 Å². The molecule has 27 heavy (non-hydrogen) atoms. The van der Waals surface area contributed by atoms with E-state index in [4.69, 9.17) is 11.6 Å². The van der Waals surface area contributed by atoms with E-state index in [0.29, 0.717) is 16.5 Å². The van der Waals surface area contributed by atoms with Gasteiger partial charge in [0.05, 0.1) is 22.7 Å². The van der Waals surface area contributed by atoms with E-state index in [-0.39, 0.29) is 23.0 Å². The highest BCUT2D eigenvalue weighted by Crippen LogP contribution is 2.36. The lowest BCUT2D eigenvalue weighted by Crippen LogP contribution is -2.14. The van der Waals surface area contributed by atoms with Gasteiger partial charge in [0.15, 0.2) is 5.13 Å². The van der Waals surface area contributed by atoms with E-state index in [1.165, 1.54) is 23.5 Å². The Morgan fingerprint density at radius 2 is 1.89 bits per heavy atom. The van der Waals surface area contributed by atoms with E-state index in [0.717, 1.165) is 6.07 Å². The van der Waals surface area contributed by atoms with Crippen LogP contribution in [0.3, 0.4) is 0 Å². The molecule has 0 saturated heterocycles. The zero-order valence-electron chi connectivity index (χ0n) is 13.5. The second kappa shape index (κ2) is 7.93. The number of carbonyl (C=O) groups is 1. The van der Waals surface area contributed by atoms with Crippen molar-refractivity contribution < 1.29 is 18.0 Å². The molecule has 2 N–H and O–H groups in total. The summed E-state index contributed by atoms with van der Waals surface area (Å²) in [5.74, 6) is -0.260. The van der Waals surface area contributed by atoms with Crippen molar-refractivity contribution in [2.24, 2.45) is 0 Å². The summed E-state index contributed by atoms with van der Waals surface area (Å²) in [5, 5.41) is 7.16. The molecule has 140 valence electrons. The molecule has 2 heterocycles. The van der Waals surface area contributed by atoms with Crippen LogP contribution in [0.5, 0.6) is 0 Å². The second-order valence-corrected chi connectivity index (χ2v) is 6.69. The number of halogens is 4. The van der Waals surface area contributed by atoms with Crippen molar-refractivity contribution in [2.45, 2.75) is 12.6 Å². The van der Waals surface area contributed by atoms with Gasteiger partial charge in [-0.05, 0) is 30.3 Å². The summed E-state index contributed by atoms with van der Waals surface area (Å²) in [6.45, 7) is 0. The number of hydrogen-bond acceptors (Lipinski definition) is 5. The second-order valence-electron chi connectivity index (χ2n) is 5.42. The van der Waals surface area contributed by atoms with E-state index >= 15 is 0 Å². The minimum Gasteiger partial charge on any atom is -0.332 e. The molecule has 0 spiro atoms. The van der Waals surface area contributed by atoms with Crippen molar-refractivity contribution in [3.05, 3.63) is 64.4 Å². The molecule has 5 nitrogen and oxygen atoms in total. The number of carbonyl (C=O) groups excluding carboxylic acids is 1. The highest BCUT2D eigenvalue weighted by atomic mass is 35.5. The number of pyridine rings is 1. The maximum Gasteiger partial charge on any atom is 0.417 e. The number of rotatable bonds is 5. The predicted octanol–water partition coefficient (Wildman–Crippen LogP) is 5.14. The number of thiazole rings is 1. The van der Waals surface area contributed by atoms with E-state index in [1.54, 1.807) is 29.9 Å². The summed E-state index contributed by atoms with van der Waals surface area (Å²) in [6, 6.07) is 6.83. The minimum atomic E-state index is -4.55. The van der Waals surface area contributed by atoms with Gasteiger partial charge < -0.3 is 10.6 Å². The molecule has 0 aliphatic carbocycles.